The van der Waals surface area contributed by atoms with Gasteiger partial charge in [0.15, 0.2) is 23.0 Å². The Balaban J connectivity index is 0.000000146. The lowest BCUT2D eigenvalue weighted by Crippen LogP contribution is -2.23. The number of aromatic nitrogens is 6. The van der Waals surface area contributed by atoms with Crippen LogP contribution < -0.4 is 18.9 Å². The molecule has 2 aromatic carbocycles. The summed E-state index contributed by atoms with van der Waals surface area (Å²) >= 11 is 0. The van der Waals surface area contributed by atoms with Gasteiger partial charge in [0.1, 0.15) is 26.4 Å². The minimum atomic E-state index is 0.411. The first-order valence-corrected chi connectivity index (χ1v) is 19.7. The molecular formula is C44H48N8O4. The molecule has 0 amide bonds. The average molecular weight is 753 g/mol. The van der Waals surface area contributed by atoms with Crippen LogP contribution in [-0.4, -0.2) is 78.8 Å². The molecule has 4 aromatic heterocycles. The molecule has 0 N–H and O–H groups in total. The van der Waals surface area contributed by atoms with Gasteiger partial charge in [-0.1, -0.05) is 24.3 Å². The second-order valence-corrected chi connectivity index (χ2v) is 15.0. The van der Waals surface area contributed by atoms with Crippen molar-refractivity contribution >= 4 is 0 Å². The highest BCUT2D eigenvalue weighted by Gasteiger charge is 2.29. The van der Waals surface area contributed by atoms with Crippen LogP contribution in [0.5, 0.6) is 23.0 Å². The molecule has 12 nitrogen and oxygen atoms in total. The van der Waals surface area contributed by atoms with E-state index in [0.29, 0.717) is 38.5 Å². The van der Waals surface area contributed by atoms with Gasteiger partial charge < -0.3 is 18.9 Å². The number of rotatable bonds is 8. The van der Waals surface area contributed by atoms with Crippen molar-refractivity contribution in [2.75, 3.05) is 39.5 Å². The van der Waals surface area contributed by atoms with Crippen LogP contribution in [-0.2, 0) is 27.2 Å². The predicted molar refractivity (Wildman–Crippen MR) is 213 cm³/mol. The molecule has 56 heavy (non-hydrogen) atoms. The monoisotopic (exact) mass is 752 g/mol. The van der Waals surface area contributed by atoms with E-state index in [1.165, 1.54) is 47.9 Å². The van der Waals surface area contributed by atoms with Crippen LogP contribution in [0.15, 0.2) is 97.8 Å². The van der Waals surface area contributed by atoms with Crippen LogP contribution in [0.4, 0.5) is 0 Å². The average Bonchev–Trinajstić information content (AvgIpc) is 4.08. The van der Waals surface area contributed by atoms with Crippen molar-refractivity contribution in [3.05, 3.63) is 120 Å². The van der Waals surface area contributed by atoms with E-state index in [2.05, 4.69) is 78.5 Å². The zero-order valence-electron chi connectivity index (χ0n) is 32.1. The molecule has 4 aliphatic rings. The van der Waals surface area contributed by atoms with Crippen molar-refractivity contribution in [2.45, 2.75) is 50.9 Å². The molecule has 0 bridgehead atoms. The van der Waals surface area contributed by atoms with E-state index in [1.807, 2.05) is 63.4 Å². The Morgan fingerprint density at radius 1 is 0.536 bits per heavy atom. The molecule has 0 unspecified atom stereocenters. The summed E-state index contributed by atoms with van der Waals surface area (Å²) in [5.74, 6) is 3.46. The normalized spacial score (nSPS) is 19.1. The van der Waals surface area contributed by atoms with Crippen LogP contribution in [0.2, 0.25) is 0 Å². The van der Waals surface area contributed by atoms with Crippen molar-refractivity contribution < 1.29 is 18.9 Å². The molecule has 4 aliphatic heterocycles. The van der Waals surface area contributed by atoms with Gasteiger partial charge in [-0.15, -0.1) is 0 Å². The summed E-state index contributed by atoms with van der Waals surface area (Å²) < 4.78 is 26.5. The number of nitrogens with zero attached hydrogens (tertiary/aromatic N) is 8. The predicted octanol–water partition coefficient (Wildman–Crippen LogP) is 7.18. The molecule has 2 saturated heterocycles. The van der Waals surface area contributed by atoms with Gasteiger partial charge in [0.05, 0.1) is 23.8 Å². The molecule has 0 spiro atoms. The Morgan fingerprint density at radius 3 is 1.38 bits per heavy atom. The summed E-state index contributed by atoms with van der Waals surface area (Å²) in [6.07, 6.45) is 16.4. The molecule has 2 fully saturated rings. The fourth-order valence-electron chi connectivity index (χ4n) is 8.27. The first-order chi connectivity index (χ1) is 27.5. The first kappa shape index (κ1) is 35.9. The lowest BCUT2D eigenvalue weighted by molar-refractivity contribution is 0.170. The van der Waals surface area contributed by atoms with Gasteiger partial charge in [-0.3, -0.25) is 29.1 Å². The fraction of sp³-hybridized carbons (Fsp3) is 0.364. The molecule has 0 radical (unpaired) electrons. The highest BCUT2D eigenvalue weighted by molar-refractivity contribution is 5.57. The van der Waals surface area contributed by atoms with Gasteiger partial charge >= 0.3 is 0 Å². The number of benzene rings is 2. The number of fused-ring (bicyclic) bond motifs is 2. The third-order valence-corrected chi connectivity index (χ3v) is 11.1. The van der Waals surface area contributed by atoms with E-state index in [9.17, 15) is 0 Å². The second kappa shape index (κ2) is 16.2. The fourth-order valence-corrected chi connectivity index (χ4v) is 8.27. The second-order valence-electron chi connectivity index (χ2n) is 15.0. The number of ether oxygens (including phenoxy) is 4. The molecular weight excluding hydrogens is 705 g/mol. The van der Waals surface area contributed by atoms with E-state index in [4.69, 9.17) is 18.9 Å². The van der Waals surface area contributed by atoms with E-state index >= 15 is 0 Å². The third kappa shape index (κ3) is 7.98. The SMILES string of the molecule is Cn1cc(-c2ccc(CN3CCC[C@@H]3c3ccc4c(c3)OCCO4)cn2)cn1.Cn1cc(-c2ccc(CN3CCC[C@H]3c3ccc4c(c3)OCCO4)cn2)cn1. The van der Waals surface area contributed by atoms with Crippen molar-refractivity contribution in [1.29, 1.82) is 0 Å². The van der Waals surface area contributed by atoms with Crippen molar-refractivity contribution in [2.24, 2.45) is 14.1 Å². The first-order valence-electron chi connectivity index (χ1n) is 19.7. The van der Waals surface area contributed by atoms with Crippen LogP contribution in [0.1, 0.15) is 60.0 Å². The summed E-state index contributed by atoms with van der Waals surface area (Å²) in [6.45, 7) is 6.51. The smallest absolute Gasteiger partial charge is 0.161 e. The van der Waals surface area contributed by atoms with Gasteiger partial charge in [0.25, 0.3) is 0 Å². The zero-order chi connectivity index (χ0) is 37.8. The number of aryl methyl sites for hydroxylation is 2. The van der Waals surface area contributed by atoms with Gasteiger partial charge in [-0.05, 0) is 97.4 Å². The number of likely N-dealkylation sites (tertiary alicyclic amines) is 2. The lowest BCUT2D eigenvalue weighted by atomic mass is 10.0. The topological polar surface area (TPSA) is 105 Å². The quantitative estimate of drug-likeness (QED) is 0.159. The molecule has 2 atom stereocenters. The zero-order valence-corrected chi connectivity index (χ0v) is 32.1. The third-order valence-electron chi connectivity index (χ3n) is 11.1. The van der Waals surface area contributed by atoms with Crippen LogP contribution >= 0.6 is 0 Å². The Hall–Kier alpha value is -5.72. The van der Waals surface area contributed by atoms with E-state index < -0.39 is 0 Å². The molecule has 288 valence electrons. The number of hydrogen-bond donors (Lipinski definition) is 0. The van der Waals surface area contributed by atoms with Gasteiger partial charge in [-0.25, -0.2) is 0 Å². The molecule has 6 aromatic rings. The number of hydrogen-bond acceptors (Lipinski definition) is 10. The molecule has 0 aliphatic carbocycles. The van der Waals surface area contributed by atoms with Gasteiger partial charge in [0.2, 0.25) is 0 Å². The lowest BCUT2D eigenvalue weighted by Gasteiger charge is -2.26. The summed E-state index contributed by atoms with van der Waals surface area (Å²) in [4.78, 5) is 14.4. The Kier molecular flexibility index (Phi) is 10.4. The summed E-state index contributed by atoms with van der Waals surface area (Å²) in [5, 5.41) is 8.44. The highest BCUT2D eigenvalue weighted by Crippen LogP contribution is 2.40. The van der Waals surface area contributed by atoms with Crippen molar-refractivity contribution in [3.8, 4) is 45.5 Å². The maximum absolute atomic E-state index is 5.77. The van der Waals surface area contributed by atoms with Crippen LogP contribution in [0, 0.1) is 0 Å². The van der Waals surface area contributed by atoms with Gasteiger partial charge in [0, 0.05) is 75.2 Å². The van der Waals surface area contributed by atoms with Crippen LogP contribution in [0.25, 0.3) is 22.5 Å². The standard InChI is InChI=1S/2C22H24N4O2/c2*1-25-15-18(13-24-25)19-6-4-16(12-23-19)14-26-8-2-3-20(26)17-5-7-21-22(11-17)28-10-9-27-21/h2*4-7,11-13,15,20H,2-3,8-10,14H2,1H3/t2*20-/m10/s1. The molecule has 10 rings (SSSR count). The maximum atomic E-state index is 5.77. The number of pyridine rings is 2. The van der Waals surface area contributed by atoms with Crippen molar-refractivity contribution in [3.63, 3.8) is 0 Å². The maximum Gasteiger partial charge on any atom is 0.161 e. The Labute approximate surface area is 327 Å². The summed E-state index contributed by atoms with van der Waals surface area (Å²) in [6, 6.07) is 22.1. The van der Waals surface area contributed by atoms with E-state index in [1.54, 1.807) is 9.36 Å². The molecule has 0 saturated carbocycles. The van der Waals surface area contributed by atoms with Crippen LogP contribution in [0.3, 0.4) is 0 Å². The van der Waals surface area contributed by atoms with E-state index in [-0.39, 0.29) is 0 Å². The minimum absolute atomic E-state index is 0.411. The van der Waals surface area contributed by atoms with Gasteiger partial charge in [-0.2, -0.15) is 10.2 Å². The Bertz CT molecular complexity index is 2090. The summed E-state index contributed by atoms with van der Waals surface area (Å²) in [7, 11) is 3.84. The Morgan fingerprint density at radius 2 is 0.982 bits per heavy atom. The largest absolute Gasteiger partial charge is 0.486 e. The summed E-state index contributed by atoms with van der Waals surface area (Å²) in [5.41, 5.74) is 9.09. The molecule has 8 heterocycles. The van der Waals surface area contributed by atoms with E-state index in [0.717, 1.165) is 71.7 Å². The molecule has 12 heteroatoms. The minimum Gasteiger partial charge on any atom is -0.486 e. The highest BCUT2D eigenvalue weighted by atomic mass is 16.6. The van der Waals surface area contributed by atoms with Crippen molar-refractivity contribution in [1.82, 2.24) is 39.3 Å².